The van der Waals surface area contributed by atoms with Crippen molar-refractivity contribution in [2.75, 3.05) is 7.11 Å². The number of thiophene rings is 1. The van der Waals surface area contributed by atoms with E-state index in [-0.39, 0.29) is 11.3 Å². The van der Waals surface area contributed by atoms with Crippen LogP contribution in [0.5, 0.6) is 0 Å². The summed E-state index contributed by atoms with van der Waals surface area (Å²) in [7, 11) is 1.29. The summed E-state index contributed by atoms with van der Waals surface area (Å²) < 4.78 is 4.74. The number of nitrogens with zero attached hydrogens (tertiary/aromatic N) is 1. The van der Waals surface area contributed by atoms with Gasteiger partial charge in [0.25, 0.3) is 5.56 Å². The molecule has 0 atom stereocenters. The number of H-pyrrole nitrogens is 1. The van der Waals surface area contributed by atoms with Crippen LogP contribution in [0.4, 0.5) is 0 Å². The number of hydrogen-bond acceptors (Lipinski definition) is 6. The first kappa shape index (κ1) is 16.1. The second kappa shape index (κ2) is 6.01. The lowest BCUT2D eigenvalue weighted by Crippen LogP contribution is -2.10. The average molecular weight is 342 g/mol. The number of rotatable bonds is 3. The molecule has 0 saturated heterocycles. The van der Waals surface area contributed by atoms with E-state index in [2.05, 4.69) is 9.97 Å². The predicted molar refractivity (Wildman–Crippen MR) is 91.8 cm³/mol. The summed E-state index contributed by atoms with van der Waals surface area (Å²) in [6.45, 7) is 3.17. The number of nitrogens with one attached hydrogen (secondary N) is 1. The summed E-state index contributed by atoms with van der Waals surface area (Å²) >= 11 is 1.12. The Labute approximate surface area is 141 Å². The highest BCUT2D eigenvalue weighted by Crippen LogP contribution is 2.29. The standard InChI is InChI=1S/C17H14N2O4S/c1-8-12-15(21)18-14(11-6-4-5-10(7-11)9(2)20)19-16(12)24-13(8)17(22)23-3/h4-7H,1-3H3,(H,18,19,21). The van der Waals surface area contributed by atoms with Gasteiger partial charge in [-0.1, -0.05) is 18.2 Å². The van der Waals surface area contributed by atoms with E-state index < -0.39 is 5.97 Å². The number of Topliss-reactive ketones (excluding diaryl/α,β-unsaturated/α-hetero) is 1. The molecular weight excluding hydrogens is 328 g/mol. The molecule has 0 spiro atoms. The van der Waals surface area contributed by atoms with Gasteiger partial charge in [0.15, 0.2) is 5.78 Å². The fourth-order valence-corrected chi connectivity index (χ4v) is 3.55. The number of methoxy groups -OCH3 is 1. The molecule has 6 nitrogen and oxygen atoms in total. The maximum Gasteiger partial charge on any atom is 0.348 e. The van der Waals surface area contributed by atoms with Crippen LogP contribution in [-0.4, -0.2) is 28.8 Å². The fraction of sp³-hybridized carbons (Fsp3) is 0.176. The van der Waals surface area contributed by atoms with Crippen LogP contribution in [0.2, 0.25) is 0 Å². The molecular formula is C17H14N2O4S. The van der Waals surface area contributed by atoms with Crippen molar-refractivity contribution in [3.63, 3.8) is 0 Å². The van der Waals surface area contributed by atoms with Crippen molar-refractivity contribution in [2.24, 2.45) is 0 Å². The fourth-order valence-electron chi connectivity index (χ4n) is 2.45. The number of ether oxygens (including phenoxy) is 1. The molecule has 24 heavy (non-hydrogen) atoms. The van der Waals surface area contributed by atoms with E-state index in [4.69, 9.17) is 4.74 Å². The Balaban J connectivity index is 2.22. The van der Waals surface area contributed by atoms with Crippen molar-refractivity contribution in [2.45, 2.75) is 13.8 Å². The summed E-state index contributed by atoms with van der Waals surface area (Å²) in [6.07, 6.45) is 0. The van der Waals surface area contributed by atoms with Crippen LogP contribution in [-0.2, 0) is 4.74 Å². The molecule has 7 heteroatoms. The molecule has 0 amide bonds. The highest BCUT2D eigenvalue weighted by Gasteiger charge is 2.20. The Morgan fingerprint density at radius 2 is 2.04 bits per heavy atom. The molecule has 1 N–H and O–H groups in total. The van der Waals surface area contributed by atoms with E-state index in [0.29, 0.717) is 37.6 Å². The number of aryl methyl sites for hydroxylation is 1. The van der Waals surface area contributed by atoms with Crippen LogP contribution >= 0.6 is 11.3 Å². The molecule has 0 bridgehead atoms. The zero-order valence-electron chi connectivity index (χ0n) is 13.3. The first-order chi connectivity index (χ1) is 11.4. The van der Waals surface area contributed by atoms with Gasteiger partial charge >= 0.3 is 5.97 Å². The van der Waals surface area contributed by atoms with Crippen LogP contribution in [0.3, 0.4) is 0 Å². The zero-order chi connectivity index (χ0) is 17.4. The maximum absolute atomic E-state index is 12.4. The van der Waals surface area contributed by atoms with Crippen molar-refractivity contribution < 1.29 is 14.3 Å². The van der Waals surface area contributed by atoms with Gasteiger partial charge in [-0.3, -0.25) is 9.59 Å². The van der Waals surface area contributed by atoms with Crippen molar-refractivity contribution in [1.82, 2.24) is 9.97 Å². The molecule has 3 rings (SSSR count). The second-order valence-corrected chi connectivity index (χ2v) is 6.28. The maximum atomic E-state index is 12.4. The predicted octanol–water partition coefficient (Wildman–Crippen LogP) is 2.95. The number of esters is 1. The third-order valence-electron chi connectivity index (χ3n) is 3.71. The lowest BCUT2D eigenvalue weighted by Gasteiger charge is -2.03. The molecule has 0 unspecified atom stereocenters. The normalized spacial score (nSPS) is 10.8. The zero-order valence-corrected chi connectivity index (χ0v) is 14.1. The van der Waals surface area contributed by atoms with Crippen molar-refractivity contribution in [3.8, 4) is 11.4 Å². The molecule has 0 aliphatic carbocycles. The molecule has 0 radical (unpaired) electrons. The molecule has 0 aliphatic rings. The molecule has 122 valence electrons. The minimum absolute atomic E-state index is 0.0692. The Bertz CT molecular complexity index is 1030. The third kappa shape index (κ3) is 2.63. The lowest BCUT2D eigenvalue weighted by atomic mass is 10.1. The van der Waals surface area contributed by atoms with Crippen LogP contribution < -0.4 is 5.56 Å². The highest BCUT2D eigenvalue weighted by atomic mass is 32.1. The number of aromatic nitrogens is 2. The molecule has 0 aliphatic heterocycles. The molecule has 1 aromatic carbocycles. The summed E-state index contributed by atoms with van der Waals surface area (Å²) in [5.41, 5.74) is 1.40. The van der Waals surface area contributed by atoms with Crippen LogP contribution in [0.1, 0.15) is 32.5 Å². The van der Waals surface area contributed by atoms with Gasteiger partial charge in [0.05, 0.1) is 12.5 Å². The van der Waals surface area contributed by atoms with E-state index in [9.17, 15) is 14.4 Å². The first-order valence-electron chi connectivity index (χ1n) is 7.15. The number of benzene rings is 1. The van der Waals surface area contributed by atoms with Gasteiger partial charge in [0, 0.05) is 11.1 Å². The van der Waals surface area contributed by atoms with Gasteiger partial charge in [0.2, 0.25) is 0 Å². The van der Waals surface area contributed by atoms with E-state index in [1.807, 2.05) is 0 Å². The van der Waals surface area contributed by atoms with E-state index >= 15 is 0 Å². The summed E-state index contributed by atoms with van der Waals surface area (Å²) in [5.74, 6) is -0.205. The molecule has 0 fully saturated rings. The number of ketones is 1. The SMILES string of the molecule is COC(=O)c1sc2nc(-c3cccc(C(C)=O)c3)[nH]c(=O)c2c1C. The smallest absolute Gasteiger partial charge is 0.348 e. The largest absolute Gasteiger partial charge is 0.465 e. The topological polar surface area (TPSA) is 89.1 Å². The van der Waals surface area contributed by atoms with Crippen LogP contribution in [0, 0.1) is 6.92 Å². The van der Waals surface area contributed by atoms with Gasteiger partial charge in [-0.15, -0.1) is 11.3 Å². The summed E-state index contributed by atoms with van der Waals surface area (Å²) in [6, 6.07) is 6.87. The first-order valence-corrected chi connectivity index (χ1v) is 7.97. The minimum atomic E-state index is -0.491. The Morgan fingerprint density at radius 1 is 1.29 bits per heavy atom. The quantitative estimate of drug-likeness (QED) is 0.584. The van der Waals surface area contributed by atoms with Crippen molar-refractivity contribution in [1.29, 1.82) is 0 Å². The highest BCUT2D eigenvalue weighted by molar-refractivity contribution is 7.20. The number of hydrogen-bond donors (Lipinski definition) is 1. The summed E-state index contributed by atoms with van der Waals surface area (Å²) in [4.78, 5) is 43.7. The number of carbonyl (C=O) groups is 2. The van der Waals surface area contributed by atoms with E-state index in [1.165, 1.54) is 14.0 Å². The monoisotopic (exact) mass is 342 g/mol. The minimum Gasteiger partial charge on any atom is -0.465 e. The molecule has 2 aromatic heterocycles. The molecule has 2 heterocycles. The number of fused-ring (bicyclic) bond motifs is 1. The third-order valence-corrected chi connectivity index (χ3v) is 4.88. The summed E-state index contributed by atoms with van der Waals surface area (Å²) in [5, 5.41) is 0.381. The Kier molecular flexibility index (Phi) is 4.02. The van der Waals surface area contributed by atoms with Crippen LogP contribution in [0.25, 0.3) is 21.6 Å². The van der Waals surface area contributed by atoms with E-state index in [0.717, 1.165) is 11.3 Å². The second-order valence-electron chi connectivity index (χ2n) is 5.28. The van der Waals surface area contributed by atoms with Crippen LogP contribution in [0.15, 0.2) is 29.1 Å². The van der Waals surface area contributed by atoms with Gasteiger partial charge in [-0.2, -0.15) is 0 Å². The van der Waals surface area contributed by atoms with Crippen molar-refractivity contribution in [3.05, 3.63) is 50.6 Å². The Hall–Kier alpha value is -2.80. The van der Waals surface area contributed by atoms with Gasteiger partial charge in [-0.25, -0.2) is 9.78 Å². The van der Waals surface area contributed by atoms with E-state index in [1.54, 1.807) is 31.2 Å². The Morgan fingerprint density at radius 3 is 2.71 bits per heavy atom. The number of aromatic amines is 1. The van der Waals surface area contributed by atoms with Gasteiger partial charge < -0.3 is 9.72 Å². The van der Waals surface area contributed by atoms with Gasteiger partial charge in [0.1, 0.15) is 15.5 Å². The average Bonchev–Trinajstić information content (AvgIpc) is 2.91. The number of carbonyl (C=O) groups excluding carboxylic acids is 2. The van der Waals surface area contributed by atoms with Gasteiger partial charge in [-0.05, 0) is 25.5 Å². The molecule has 3 aromatic rings. The molecule has 0 saturated carbocycles. The lowest BCUT2D eigenvalue weighted by molar-refractivity contribution is 0.0605. The van der Waals surface area contributed by atoms with Crippen molar-refractivity contribution >= 4 is 33.3 Å².